The summed E-state index contributed by atoms with van der Waals surface area (Å²) in [6.07, 6.45) is 0. The van der Waals surface area contributed by atoms with Crippen LogP contribution in [-0.2, 0) is 12.3 Å². The minimum atomic E-state index is 0.0662. The molecule has 0 radical (unpaired) electrons. The quantitative estimate of drug-likeness (QED) is 0.518. The van der Waals surface area contributed by atoms with Crippen molar-refractivity contribution in [2.75, 3.05) is 6.61 Å². The lowest BCUT2D eigenvalue weighted by atomic mass is 10.3. The number of aliphatic hydroxyl groups is 1. The van der Waals surface area contributed by atoms with Gasteiger partial charge in [-0.1, -0.05) is 35.5 Å². The average Bonchev–Trinajstić information content (AvgIpc) is 3.14. The summed E-state index contributed by atoms with van der Waals surface area (Å²) in [5, 5.41) is 10.0. The lowest BCUT2D eigenvalue weighted by molar-refractivity contribution is 0.276. The van der Waals surface area contributed by atoms with Gasteiger partial charge in [0.05, 0.1) is 33.6 Å². The summed E-state index contributed by atoms with van der Waals surface area (Å²) < 4.78 is 4.24. The molecule has 2 heterocycles. The number of rotatable bonds is 5. The van der Waals surface area contributed by atoms with Crippen molar-refractivity contribution in [2.45, 2.75) is 16.6 Å². The lowest BCUT2D eigenvalue weighted by Gasteiger charge is -2.06. The van der Waals surface area contributed by atoms with Gasteiger partial charge in [-0.15, -0.1) is 11.3 Å². The van der Waals surface area contributed by atoms with Crippen molar-refractivity contribution in [2.24, 2.45) is 0 Å². The van der Waals surface area contributed by atoms with Gasteiger partial charge in [0.15, 0.2) is 4.34 Å². The van der Waals surface area contributed by atoms with Gasteiger partial charge in [0.2, 0.25) is 0 Å². The molecule has 0 aliphatic carbocycles. The fourth-order valence-corrected chi connectivity index (χ4v) is 4.83. The summed E-state index contributed by atoms with van der Waals surface area (Å²) in [7, 11) is 0. The number of nitrogens with zero attached hydrogens (tertiary/aromatic N) is 3. The Morgan fingerprint density at radius 2 is 2.00 bits per heavy atom. The van der Waals surface area contributed by atoms with E-state index in [4.69, 9.17) is 16.6 Å². The van der Waals surface area contributed by atoms with Crippen LogP contribution in [0.5, 0.6) is 0 Å². The number of thiazole rings is 1. The minimum Gasteiger partial charge on any atom is -0.395 e. The zero-order chi connectivity index (χ0) is 16.5. The van der Waals surface area contributed by atoms with Crippen molar-refractivity contribution < 1.29 is 5.11 Å². The Balaban J connectivity index is 1.64. The van der Waals surface area contributed by atoms with Gasteiger partial charge in [-0.2, -0.15) is 0 Å². The van der Waals surface area contributed by atoms with Crippen LogP contribution in [0.3, 0.4) is 0 Å². The van der Waals surface area contributed by atoms with E-state index in [9.17, 15) is 5.11 Å². The van der Waals surface area contributed by atoms with Gasteiger partial charge in [-0.25, -0.2) is 9.97 Å². The van der Waals surface area contributed by atoms with Crippen molar-refractivity contribution in [3.8, 4) is 0 Å². The van der Waals surface area contributed by atoms with Gasteiger partial charge in [0, 0.05) is 11.6 Å². The van der Waals surface area contributed by atoms with E-state index < -0.39 is 0 Å². The molecule has 0 atom stereocenters. The van der Waals surface area contributed by atoms with E-state index in [1.54, 1.807) is 23.1 Å². The van der Waals surface area contributed by atoms with Crippen molar-refractivity contribution in [3.05, 3.63) is 53.3 Å². The summed E-state index contributed by atoms with van der Waals surface area (Å²) in [6, 6.07) is 13.8. The molecule has 4 aromatic rings. The van der Waals surface area contributed by atoms with Gasteiger partial charge in [0.25, 0.3) is 0 Å². The maximum Gasteiger partial charge on any atom is 0.151 e. The van der Waals surface area contributed by atoms with Gasteiger partial charge >= 0.3 is 0 Å². The molecule has 4 nitrogen and oxygen atoms in total. The molecule has 0 unspecified atom stereocenters. The van der Waals surface area contributed by atoms with Crippen LogP contribution in [0.4, 0.5) is 0 Å². The van der Waals surface area contributed by atoms with Crippen molar-refractivity contribution in [3.63, 3.8) is 0 Å². The zero-order valence-corrected chi connectivity index (χ0v) is 15.0. The summed E-state index contributed by atoms with van der Waals surface area (Å²) in [5.74, 6) is 1.62. The summed E-state index contributed by atoms with van der Waals surface area (Å²) in [4.78, 5) is 9.34. The molecule has 0 saturated carbocycles. The highest BCUT2D eigenvalue weighted by molar-refractivity contribution is 8.00. The van der Waals surface area contributed by atoms with Crippen LogP contribution < -0.4 is 0 Å². The number of thioether (sulfide) groups is 1. The Kier molecular flexibility index (Phi) is 4.45. The van der Waals surface area contributed by atoms with Crippen molar-refractivity contribution >= 4 is 55.9 Å². The van der Waals surface area contributed by atoms with E-state index in [-0.39, 0.29) is 6.61 Å². The molecule has 0 spiro atoms. The van der Waals surface area contributed by atoms with E-state index in [0.717, 1.165) is 26.7 Å². The smallest absolute Gasteiger partial charge is 0.151 e. The number of benzene rings is 2. The molecule has 2 aromatic carbocycles. The molecule has 7 heteroatoms. The molecule has 1 N–H and O–H groups in total. The first kappa shape index (κ1) is 15.9. The minimum absolute atomic E-state index is 0.0662. The summed E-state index contributed by atoms with van der Waals surface area (Å²) in [5.41, 5.74) is 2.88. The van der Waals surface area contributed by atoms with Crippen molar-refractivity contribution in [1.29, 1.82) is 0 Å². The van der Waals surface area contributed by atoms with Crippen molar-refractivity contribution in [1.82, 2.24) is 14.5 Å². The maximum atomic E-state index is 9.37. The third-order valence-corrected chi connectivity index (χ3v) is 6.12. The average molecular weight is 376 g/mol. The van der Waals surface area contributed by atoms with Crippen LogP contribution in [0.15, 0.2) is 46.8 Å². The molecule has 0 aliphatic rings. The Bertz CT molecular complexity index is 979. The molecule has 0 bridgehead atoms. The molecule has 24 heavy (non-hydrogen) atoms. The molecule has 0 saturated heterocycles. The highest BCUT2D eigenvalue weighted by atomic mass is 35.5. The Labute approximate surface area is 152 Å². The summed E-state index contributed by atoms with van der Waals surface area (Å²) in [6.45, 7) is 0.573. The highest BCUT2D eigenvalue weighted by Gasteiger charge is 2.12. The number of aliphatic hydroxyl groups excluding tert-OH is 1. The first-order valence-corrected chi connectivity index (χ1v) is 9.66. The third kappa shape index (κ3) is 3.02. The molecule has 2 aromatic heterocycles. The molecule has 4 rings (SSSR count). The number of imidazole rings is 1. The largest absolute Gasteiger partial charge is 0.395 e. The van der Waals surface area contributed by atoms with Gasteiger partial charge < -0.3 is 9.67 Å². The lowest BCUT2D eigenvalue weighted by Crippen LogP contribution is -2.06. The number of aromatic nitrogens is 3. The van der Waals surface area contributed by atoms with Crippen LogP contribution >= 0.6 is 34.7 Å². The number of fused-ring (bicyclic) bond motifs is 2. The third-order valence-electron chi connectivity index (χ3n) is 3.71. The molecular formula is C17H14ClN3OS2. The van der Waals surface area contributed by atoms with E-state index in [1.165, 1.54) is 4.70 Å². The first-order chi connectivity index (χ1) is 11.7. The fraction of sp³-hybridized carbons (Fsp3) is 0.176. The van der Waals surface area contributed by atoms with Gasteiger partial charge in [-0.05, 0) is 30.3 Å². The second-order valence-electron chi connectivity index (χ2n) is 5.27. The Hall–Kier alpha value is -1.60. The molecule has 0 aliphatic heterocycles. The normalized spacial score (nSPS) is 11.6. The van der Waals surface area contributed by atoms with Gasteiger partial charge in [-0.3, -0.25) is 0 Å². The number of halogens is 1. The fourth-order valence-electron chi connectivity index (χ4n) is 2.64. The zero-order valence-electron chi connectivity index (χ0n) is 12.6. The van der Waals surface area contributed by atoms with Crippen LogP contribution in [-0.4, -0.2) is 26.2 Å². The first-order valence-electron chi connectivity index (χ1n) is 7.48. The molecular weight excluding hydrogens is 362 g/mol. The maximum absolute atomic E-state index is 9.37. The topological polar surface area (TPSA) is 50.9 Å². The Morgan fingerprint density at radius 3 is 2.83 bits per heavy atom. The predicted octanol–water partition coefficient (Wildman–Crippen LogP) is 4.58. The highest BCUT2D eigenvalue weighted by Crippen LogP contribution is 2.32. The van der Waals surface area contributed by atoms with E-state index >= 15 is 0 Å². The van der Waals surface area contributed by atoms with Crippen LogP contribution in [0.25, 0.3) is 21.3 Å². The van der Waals surface area contributed by atoms with E-state index in [2.05, 4.69) is 11.1 Å². The standard InChI is InChI=1S/C17H14ClN3OS2/c18-11-5-6-12-14(9-11)21(7-8-22)16(19-12)10-23-17-20-13-3-1-2-4-15(13)24-17/h1-6,9,22H,7-8,10H2. The SMILES string of the molecule is OCCn1c(CSc2nc3ccccc3s2)nc2ccc(Cl)cc21. The Morgan fingerprint density at radius 1 is 1.12 bits per heavy atom. The van der Waals surface area contributed by atoms with E-state index in [0.29, 0.717) is 17.3 Å². The summed E-state index contributed by atoms with van der Waals surface area (Å²) >= 11 is 9.46. The van der Waals surface area contributed by atoms with Crippen LogP contribution in [0.1, 0.15) is 5.82 Å². The number of para-hydroxylation sites is 1. The van der Waals surface area contributed by atoms with Crippen LogP contribution in [0.2, 0.25) is 5.02 Å². The monoisotopic (exact) mass is 375 g/mol. The number of hydrogen-bond acceptors (Lipinski definition) is 5. The molecule has 122 valence electrons. The second-order valence-corrected chi connectivity index (χ2v) is 7.96. The molecule has 0 amide bonds. The molecule has 0 fully saturated rings. The van der Waals surface area contributed by atoms with Crippen LogP contribution in [0, 0.1) is 0 Å². The number of hydrogen-bond donors (Lipinski definition) is 1. The second kappa shape index (κ2) is 6.72. The van der Waals surface area contributed by atoms with E-state index in [1.807, 2.05) is 41.0 Å². The predicted molar refractivity (Wildman–Crippen MR) is 101 cm³/mol. The van der Waals surface area contributed by atoms with Gasteiger partial charge in [0.1, 0.15) is 5.82 Å².